The highest BCUT2D eigenvalue weighted by Crippen LogP contribution is 2.34. The molecule has 23 heavy (non-hydrogen) atoms. The van der Waals surface area contributed by atoms with Crippen molar-refractivity contribution in [3.05, 3.63) is 45.7 Å². The first-order valence-electron chi connectivity index (χ1n) is 7.28. The van der Waals surface area contributed by atoms with Gasteiger partial charge in [-0.15, -0.1) is 0 Å². The molecule has 2 aromatic rings. The maximum absolute atomic E-state index is 9.04. The first kappa shape index (κ1) is 15.9. The third-order valence-electron chi connectivity index (χ3n) is 3.77. The quantitative estimate of drug-likeness (QED) is 0.834. The van der Waals surface area contributed by atoms with Crippen LogP contribution in [0.15, 0.2) is 24.3 Å². The van der Waals surface area contributed by atoms with Crippen molar-refractivity contribution in [3.63, 3.8) is 0 Å². The van der Waals surface area contributed by atoms with E-state index in [2.05, 4.69) is 25.8 Å². The molecule has 0 N–H and O–H groups in total. The maximum atomic E-state index is 9.04. The second kappa shape index (κ2) is 6.61. The van der Waals surface area contributed by atoms with E-state index in [1.807, 2.05) is 25.1 Å². The zero-order valence-corrected chi connectivity index (χ0v) is 14.1. The van der Waals surface area contributed by atoms with Crippen LogP contribution >= 0.6 is 23.2 Å². The lowest BCUT2D eigenvalue weighted by Gasteiger charge is -2.36. The van der Waals surface area contributed by atoms with Gasteiger partial charge in [-0.1, -0.05) is 29.3 Å². The average molecular weight is 348 g/mol. The number of halogens is 2. The molecule has 2 heterocycles. The molecule has 5 nitrogen and oxygen atoms in total. The van der Waals surface area contributed by atoms with Crippen LogP contribution in [0.25, 0.3) is 0 Å². The van der Waals surface area contributed by atoms with Gasteiger partial charge in [-0.2, -0.15) is 5.26 Å². The van der Waals surface area contributed by atoms with Crippen LogP contribution < -0.4 is 9.80 Å². The smallest absolute Gasteiger partial charge is 0.226 e. The molecule has 3 rings (SSSR count). The first-order chi connectivity index (χ1) is 11.1. The van der Waals surface area contributed by atoms with Gasteiger partial charge in [0.05, 0.1) is 15.7 Å². The number of nitriles is 1. The Hall–Kier alpha value is -2.03. The van der Waals surface area contributed by atoms with Gasteiger partial charge in [0.25, 0.3) is 0 Å². The number of aryl methyl sites for hydroxylation is 1. The number of para-hydroxylation sites is 1. The molecule has 0 aliphatic carbocycles. The molecule has 1 aromatic heterocycles. The number of hydrogen-bond acceptors (Lipinski definition) is 5. The normalized spacial score (nSPS) is 14.7. The van der Waals surface area contributed by atoms with Gasteiger partial charge >= 0.3 is 0 Å². The summed E-state index contributed by atoms with van der Waals surface area (Å²) < 4.78 is 0. The molecule has 118 valence electrons. The molecule has 0 amide bonds. The summed E-state index contributed by atoms with van der Waals surface area (Å²) in [7, 11) is 0. The first-order valence-corrected chi connectivity index (χ1v) is 8.04. The van der Waals surface area contributed by atoms with E-state index in [1.54, 1.807) is 6.07 Å². The van der Waals surface area contributed by atoms with Gasteiger partial charge < -0.3 is 9.80 Å². The number of aromatic nitrogens is 2. The number of nitrogens with zero attached hydrogens (tertiary/aromatic N) is 5. The van der Waals surface area contributed by atoms with E-state index in [0.29, 0.717) is 21.7 Å². The van der Waals surface area contributed by atoms with E-state index in [9.17, 15) is 0 Å². The zero-order chi connectivity index (χ0) is 16.4. The highest BCUT2D eigenvalue weighted by molar-refractivity contribution is 6.39. The lowest BCUT2D eigenvalue weighted by Crippen LogP contribution is -2.47. The Bertz CT molecular complexity index is 743. The Morgan fingerprint density at radius 3 is 2.26 bits per heavy atom. The Labute approximate surface area is 145 Å². The Morgan fingerprint density at radius 1 is 1.04 bits per heavy atom. The van der Waals surface area contributed by atoms with Crippen LogP contribution in [0.2, 0.25) is 10.0 Å². The third-order valence-corrected chi connectivity index (χ3v) is 4.38. The molecule has 0 atom stereocenters. The van der Waals surface area contributed by atoms with E-state index >= 15 is 0 Å². The molecule has 0 unspecified atom stereocenters. The van der Waals surface area contributed by atoms with Gasteiger partial charge in [0.1, 0.15) is 11.8 Å². The van der Waals surface area contributed by atoms with Crippen molar-refractivity contribution in [2.24, 2.45) is 0 Å². The highest BCUT2D eigenvalue weighted by atomic mass is 35.5. The fourth-order valence-electron chi connectivity index (χ4n) is 2.67. The molecule has 7 heteroatoms. The topological polar surface area (TPSA) is 56.1 Å². The fourth-order valence-corrected chi connectivity index (χ4v) is 3.31. The predicted octanol–water partition coefficient (Wildman–Crippen LogP) is 3.29. The lowest BCUT2D eigenvalue weighted by molar-refractivity contribution is 0.639. The van der Waals surface area contributed by atoms with Crippen molar-refractivity contribution in [3.8, 4) is 6.07 Å². The molecule has 0 saturated carbocycles. The molecule has 0 bridgehead atoms. The van der Waals surface area contributed by atoms with E-state index in [0.717, 1.165) is 37.6 Å². The van der Waals surface area contributed by atoms with Gasteiger partial charge in [0, 0.05) is 31.9 Å². The van der Waals surface area contributed by atoms with E-state index in [-0.39, 0.29) is 0 Å². The average Bonchev–Trinajstić information content (AvgIpc) is 2.54. The van der Waals surface area contributed by atoms with Gasteiger partial charge in [0.2, 0.25) is 5.95 Å². The summed E-state index contributed by atoms with van der Waals surface area (Å²) in [5.74, 6) is 0.603. The third kappa shape index (κ3) is 3.34. The maximum Gasteiger partial charge on any atom is 0.226 e. The molecule has 1 aliphatic rings. The molecular weight excluding hydrogens is 333 g/mol. The molecule has 1 fully saturated rings. The van der Waals surface area contributed by atoms with Gasteiger partial charge in [-0.05, 0) is 25.1 Å². The number of hydrogen-bond donors (Lipinski definition) is 0. The van der Waals surface area contributed by atoms with Crippen LogP contribution in [0.3, 0.4) is 0 Å². The predicted molar refractivity (Wildman–Crippen MR) is 92.4 cm³/mol. The zero-order valence-electron chi connectivity index (χ0n) is 12.6. The second-order valence-corrected chi connectivity index (χ2v) is 6.17. The SMILES string of the molecule is Cc1cc(C#N)nc(N2CCN(c3c(Cl)cccc3Cl)CC2)n1. The standard InChI is InChI=1S/C16H15Cl2N5/c1-11-9-12(10-19)21-16(20-11)23-7-5-22(6-8-23)15-13(17)3-2-4-14(15)18/h2-4,9H,5-8H2,1H3. The molecule has 0 radical (unpaired) electrons. The summed E-state index contributed by atoms with van der Waals surface area (Å²) in [6.45, 7) is 4.89. The Balaban J connectivity index is 1.77. The number of rotatable bonds is 2. The van der Waals surface area contributed by atoms with Gasteiger partial charge in [-0.25, -0.2) is 9.97 Å². The summed E-state index contributed by atoms with van der Waals surface area (Å²) in [5, 5.41) is 10.4. The van der Waals surface area contributed by atoms with Crippen LogP contribution in [-0.4, -0.2) is 36.1 Å². The van der Waals surface area contributed by atoms with Crippen molar-refractivity contribution in [2.75, 3.05) is 36.0 Å². The number of piperazine rings is 1. The van der Waals surface area contributed by atoms with Crippen LogP contribution in [0.4, 0.5) is 11.6 Å². The van der Waals surface area contributed by atoms with Crippen LogP contribution in [0.1, 0.15) is 11.4 Å². The van der Waals surface area contributed by atoms with Crippen molar-refractivity contribution < 1.29 is 0 Å². The van der Waals surface area contributed by atoms with Crippen LogP contribution in [-0.2, 0) is 0 Å². The van der Waals surface area contributed by atoms with Gasteiger partial charge in [0.15, 0.2) is 0 Å². The summed E-state index contributed by atoms with van der Waals surface area (Å²) in [4.78, 5) is 13.0. The minimum Gasteiger partial charge on any atom is -0.366 e. The van der Waals surface area contributed by atoms with Crippen molar-refractivity contribution in [1.29, 1.82) is 5.26 Å². The van der Waals surface area contributed by atoms with E-state index < -0.39 is 0 Å². The molecule has 1 saturated heterocycles. The molecule has 0 spiro atoms. The van der Waals surface area contributed by atoms with Crippen LogP contribution in [0.5, 0.6) is 0 Å². The second-order valence-electron chi connectivity index (χ2n) is 5.35. The Morgan fingerprint density at radius 2 is 1.65 bits per heavy atom. The molecule has 1 aromatic carbocycles. The number of anilines is 2. The lowest BCUT2D eigenvalue weighted by atomic mass is 10.2. The molecule has 1 aliphatic heterocycles. The summed E-state index contributed by atoms with van der Waals surface area (Å²) >= 11 is 12.6. The Kier molecular flexibility index (Phi) is 4.56. The monoisotopic (exact) mass is 347 g/mol. The van der Waals surface area contributed by atoms with Crippen molar-refractivity contribution in [1.82, 2.24) is 9.97 Å². The largest absolute Gasteiger partial charge is 0.366 e. The summed E-state index contributed by atoms with van der Waals surface area (Å²) in [6.07, 6.45) is 0. The highest BCUT2D eigenvalue weighted by Gasteiger charge is 2.22. The van der Waals surface area contributed by atoms with E-state index in [4.69, 9.17) is 28.5 Å². The number of benzene rings is 1. The summed E-state index contributed by atoms with van der Waals surface area (Å²) in [6, 6.07) is 9.29. The fraction of sp³-hybridized carbons (Fsp3) is 0.312. The van der Waals surface area contributed by atoms with Gasteiger partial charge in [-0.3, -0.25) is 0 Å². The summed E-state index contributed by atoms with van der Waals surface area (Å²) in [5.41, 5.74) is 2.06. The van der Waals surface area contributed by atoms with Crippen molar-refractivity contribution in [2.45, 2.75) is 6.92 Å². The van der Waals surface area contributed by atoms with E-state index in [1.165, 1.54) is 0 Å². The van der Waals surface area contributed by atoms with Crippen LogP contribution in [0, 0.1) is 18.3 Å². The molecular formula is C16H15Cl2N5. The van der Waals surface area contributed by atoms with Crippen molar-refractivity contribution >= 4 is 34.8 Å². The minimum absolute atomic E-state index is 0.393. The minimum atomic E-state index is 0.393.